The van der Waals surface area contributed by atoms with Crippen LogP contribution in [0.1, 0.15) is 22.3 Å². The molecule has 0 atom stereocenters. The van der Waals surface area contributed by atoms with Gasteiger partial charge in [0.25, 0.3) is 0 Å². The minimum atomic E-state index is 1.03. The minimum Gasteiger partial charge on any atom is -0.256 e. The summed E-state index contributed by atoms with van der Waals surface area (Å²) in [7, 11) is 0. The third kappa shape index (κ3) is 3.34. The molecule has 28 heavy (non-hydrogen) atoms. The number of aromatic nitrogens is 2. The van der Waals surface area contributed by atoms with Gasteiger partial charge in [0.1, 0.15) is 0 Å². The molecule has 0 saturated carbocycles. The summed E-state index contributed by atoms with van der Waals surface area (Å²) in [4.78, 5) is 9.40. The van der Waals surface area contributed by atoms with Gasteiger partial charge in [-0.15, -0.1) is 0 Å². The number of rotatable bonds is 3. The number of benzene rings is 2. The molecule has 138 valence electrons. The van der Waals surface area contributed by atoms with Crippen molar-refractivity contribution in [2.75, 3.05) is 0 Å². The normalized spacial score (nSPS) is 10.9. The number of hydrogen-bond donors (Lipinski definition) is 0. The Labute approximate surface area is 167 Å². The molecule has 0 bridgehead atoms. The van der Waals surface area contributed by atoms with E-state index in [1.807, 2.05) is 24.5 Å². The Kier molecular flexibility index (Phi) is 4.79. The maximum Gasteiger partial charge on any atom is 0.0737 e. The standard InChI is InChI=1S/C26H24N2/c1-17-9-11-21(23(15-17)25-19(3)7-5-13-27-25)22-12-10-18(2)16-24(22)26-20(4)8-6-14-28-26/h5-16H,1-4H3. The molecule has 4 rings (SSSR count). The summed E-state index contributed by atoms with van der Waals surface area (Å²) in [5, 5.41) is 0. The van der Waals surface area contributed by atoms with Crippen LogP contribution in [0, 0.1) is 27.7 Å². The average molecular weight is 364 g/mol. The number of aryl methyl sites for hydroxylation is 4. The van der Waals surface area contributed by atoms with Crippen molar-refractivity contribution in [3.05, 3.63) is 95.3 Å². The highest BCUT2D eigenvalue weighted by molar-refractivity contribution is 5.91. The Bertz CT molecular complexity index is 1070. The molecule has 0 fully saturated rings. The molecule has 0 aliphatic carbocycles. The van der Waals surface area contributed by atoms with Crippen LogP contribution in [0.4, 0.5) is 0 Å². The first-order valence-electron chi connectivity index (χ1n) is 9.60. The second-order valence-corrected chi connectivity index (χ2v) is 7.44. The molecule has 0 aliphatic rings. The highest BCUT2D eigenvalue weighted by Gasteiger charge is 2.16. The van der Waals surface area contributed by atoms with Crippen molar-refractivity contribution in [3.63, 3.8) is 0 Å². The molecule has 0 N–H and O–H groups in total. The first-order valence-corrected chi connectivity index (χ1v) is 9.60. The van der Waals surface area contributed by atoms with E-state index >= 15 is 0 Å². The van der Waals surface area contributed by atoms with E-state index in [1.54, 1.807) is 0 Å². The lowest BCUT2D eigenvalue weighted by atomic mass is 9.88. The Morgan fingerprint density at radius 2 is 0.929 bits per heavy atom. The van der Waals surface area contributed by atoms with Crippen molar-refractivity contribution in [2.45, 2.75) is 27.7 Å². The van der Waals surface area contributed by atoms with Crippen molar-refractivity contribution in [3.8, 4) is 33.6 Å². The molecule has 2 heteroatoms. The van der Waals surface area contributed by atoms with Gasteiger partial charge in [0.15, 0.2) is 0 Å². The van der Waals surface area contributed by atoms with Gasteiger partial charge in [-0.1, -0.05) is 47.5 Å². The van der Waals surface area contributed by atoms with Crippen LogP contribution in [0.2, 0.25) is 0 Å². The number of hydrogen-bond acceptors (Lipinski definition) is 2. The van der Waals surface area contributed by atoms with Crippen LogP contribution in [0.5, 0.6) is 0 Å². The van der Waals surface area contributed by atoms with Gasteiger partial charge in [-0.3, -0.25) is 9.97 Å². The highest BCUT2D eigenvalue weighted by atomic mass is 14.7. The second kappa shape index (κ2) is 7.40. The fourth-order valence-corrected chi connectivity index (χ4v) is 3.71. The zero-order valence-electron chi connectivity index (χ0n) is 16.8. The van der Waals surface area contributed by atoms with E-state index in [1.165, 1.54) is 33.4 Å². The van der Waals surface area contributed by atoms with Crippen LogP contribution in [0.15, 0.2) is 73.1 Å². The van der Waals surface area contributed by atoms with Gasteiger partial charge in [-0.05, 0) is 74.2 Å². The lowest BCUT2D eigenvalue weighted by Gasteiger charge is -2.17. The summed E-state index contributed by atoms with van der Waals surface area (Å²) in [6.45, 7) is 8.50. The lowest BCUT2D eigenvalue weighted by Crippen LogP contribution is -1.96. The first-order chi connectivity index (χ1) is 13.5. The van der Waals surface area contributed by atoms with Crippen molar-refractivity contribution in [2.24, 2.45) is 0 Å². The van der Waals surface area contributed by atoms with Gasteiger partial charge < -0.3 is 0 Å². The molecule has 0 radical (unpaired) electrons. The fourth-order valence-electron chi connectivity index (χ4n) is 3.71. The second-order valence-electron chi connectivity index (χ2n) is 7.44. The lowest BCUT2D eigenvalue weighted by molar-refractivity contribution is 1.26. The average Bonchev–Trinajstić information content (AvgIpc) is 2.69. The summed E-state index contributed by atoms with van der Waals surface area (Å²) in [6.07, 6.45) is 3.74. The maximum atomic E-state index is 4.70. The van der Waals surface area contributed by atoms with Crippen LogP contribution in [0.3, 0.4) is 0 Å². The zero-order chi connectivity index (χ0) is 19.7. The SMILES string of the molecule is Cc1ccc(-c2ccc(C)cc2-c2ncccc2C)c(-c2ncccc2C)c1. The zero-order valence-corrected chi connectivity index (χ0v) is 16.8. The third-order valence-electron chi connectivity index (χ3n) is 5.17. The van der Waals surface area contributed by atoms with Crippen molar-refractivity contribution in [1.29, 1.82) is 0 Å². The minimum absolute atomic E-state index is 1.03. The van der Waals surface area contributed by atoms with Gasteiger partial charge in [-0.2, -0.15) is 0 Å². The monoisotopic (exact) mass is 364 g/mol. The topological polar surface area (TPSA) is 25.8 Å². The van der Waals surface area contributed by atoms with E-state index in [2.05, 4.69) is 76.2 Å². The molecule has 2 heterocycles. The van der Waals surface area contributed by atoms with Gasteiger partial charge in [0, 0.05) is 23.5 Å². The van der Waals surface area contributed by atoms with Crippen molar-refractivity contribution in [1.82, 2.24) is 9.97 Å². The number of pyridine rings is 2. The van der Waals surface area contributed by atoms with Gasteiger partial charge in [-0.25, -0.2) is 0 Å². The van der Waals surface area contributed by atoms with E-state index in [4.69, 9.17) is 9.97 Å². The smallest absolute Gasteiger partial charge is 0.0737 e. The Balaban J connectivity index is 2.02. The molecular formula is C26H24N2. The van der Waals surface area contributed by atoms with E-state index in [9.17, 15) is 0 Å². The van der Waals surface area contributed by atoms with E-state index in [-0.39, 0.29) is 0 Å². The molecule has 2 aromatic carbocycles. The van der Waals surface area contributed by atoms with Gasteiger partial charge in [0.05, 0.1) is 11.4 Å². The molecule has 2 aromatic heterocycles. The van der Waals surface area contributed by atoms with Crippen molar-refractivity contribution >= 4 is 0 Å². The Morgan fingerprint density at radius 3 is 1.32 bits per heavy atom. The quantitative estimate of drug-likeness (QED) is 0.404. The Morgan fingerprint density at radius 1 is 0.500 bits per heavy atom. The molecule has 4 aromatic rings. The fraction of sp³-hybridized carbons (Fsp3) is 0.154. The van der Waals surface area contributed by atoms with Crippen LogP contribution in [0.25, 0.3) is 33.6 Å². The predicted molar refractivity (Wildman–Crippen MR) is 117 cm³/mol. The summed E-state index contributed by atoms with van der Waals surface area (Å²) < 4.78 is 0. The van der Waals surface area contributed by atoms with Crippen LogP contribution in [-0.4, -0.2) is 9.97 Å². The largest absolute Gasteiger partial charge is 0.256 e. The molecular weight excluding hydrogens is 340 g/mol. The van der Waals surface area contributed by atoms with E-state index in [0.29, 0.717) is 0 Å². The molecule has 0 unspecified atom stereocenters. The van der Waals surface area contributed by atoms with E-state index in [0.717, 1.165) is 22.5 Å². The van der Waals surface area contributed by atoms with Crippen molar-refractivity contribution < 1.29 is 0 Å². The van der Waals surface area contributed by atoms with Crippen LogP contribution < -0.4 is 0 Å². The molecule has 0 aliphatic heterocycles. The highest BCUT2D eigenvalue weighted by Crippen LogP contribution is 2.39. The summed E-state index contributed by atoms with van der Waals surface area (Å²) in [5.41, 5.74) is 11.6. The molecule has 2 nitrogen and oxygen atoms in total. The van der Waals surface area contributed by atoms with Crippen LogP contribution >= 0.6 is 0 Å². The molecule has 0 amide bonds. The molecule has 0 saturated heterocycles. The number of nitrogens with zero attached hydrogens (tertiary/aromatic N) is 2. The van der Waals surface area contributed by atoms with Crippen LogP contribution in [-0.2, 0) is 0 Å². The molecule has 0 spiro atoms. The first kappa shape index (κ1) is 18.1. The maximum absolute atomic E-state index is 4.70. The van der Waals surface area contributed by atoms with E-state index < -0.39 is 0 Å². The van der Waals surface area contributed by atoms with Gasteiger partial charge >= 0.3 is 0 Å². The van der Waals surface area contributed by atoms with Gasteiger partial charge in [0.2, 0.25) is 0 Å². The third-order valence-corrected chi connectivity index (χ3v) is 5.17. The summed E-state index contributed by atoms with van der Waals surface area (Å²) in [6, 6.07) is 21.5. The summed E-state index contributed by atoms with van der Waals surface area (Å²) in [5.74, 6) is 0. The summed E-state index contributed by atoms with van der Waals surface area (Å²) >= 11 is 0. The Hall–Kier alpha value is -3.26. The predicted octanol–water partition coefficient (Wildman–Crippen LogP) is 6.71.